The van der Waals surface area contributed by atoms with Crippen molar-refractivity contribution in [2.24, 2.45) is 0 Å². The Labute approximate surface area is 232 Å². The van der Waals surface area contributed by atoms with Gasteiger partial charge in [-0.25, -0.2) is 29.9 Å². The number of aromatic nitrogens is 9. The van der Waals surface area contributed by atoms with Crippen LogP contribution in [0.4, 0.5) is 0 Å². The molecule has 0 saturated heterocycles. The fraction of sp³-hybridized carbons (Fsp3) is 0.0312. The number of nitrogens with one attached hydrogen (secondary N) is 2. The van der Waals surface area contributed by atoms with Crippen LogP contribution in [-0.4, -0.2) is 44.9 Å². The van der Waals surface area contributed by atoms with Crippen LogP contribution < -0.4 is 0 Å². The highest BCUT2D eigenvalue weighted by Gasteiger charge is 2.23. The first-order valence-electron chi connectivity index (χ1n) is 13.3. The lowest BCUT2D eigenvalue weighted by Gasteiger charge is -1.96. The number of benzene rings is 2. The van der Waals surface area contributed by atoms with E-state index in [4.69, 9.17) is 29.9 Å². The molecule has 1 aliphatic carbocycles. The van der Waals surface area contributed by atoms with E-state index in [-0.39, 0.29) is 0 Å². The zero-order chi connectivity index (χ0) is 26.9. The zero-order valence-electron chi connectivity index (χ0n) is 21.5. The Bertz CT molecular complexity index is 2150. The number of rotatable bonds is 0. The fourth-order valence-corrected chi connectivity index (χ4v) is 5.61. The number of H-pyrrole nitrogens is 2. The van der Waals surface area contributed by atoms with Gasteiger partial charge in [-0.2, -0.15) is 0 Å². The minimum absolute atomic E-state index is 0.489. The molecule has 2 aromatic carbocycles. The van der Waals surface area contributed by atoms with E-state index in [1.54, 1.807) is 6.20 Å². The van der Waals surface area contributed by atoms with Gasteiger partial charge in [0.25, 0.3) is 0 Å². The molecule has 0 spiro atoms. The molecule has 2 aliphatic heterocycles. The van der Waals surface area contributed by atoms with Crippen molar-refractivity contribution in [2.45, 2.75) is 6.42 Å². The highest BCUT2D eigenvalue weighted by molar-refractivity contribution is 6.04. The Morgan fingerprint density at radius 1 is 0.488 bits per heavy atom. The number of pyridine rings is 1. The Morgan fingerprint density at radius 3 is 1.68 bits per heavy atom. The summed E-state index contributed by atoms with van der Waals surface area (Å²) in [5.41, 5.74) is 7.87. The molecule has 3 aliphatic rings. The second-order valence-electron chi connectivity index (χ2n) is 9.97. The molecule has 192 valence electrons. The molecule has 4 aromatic heterocycles. The van der Waals surface area contributed by atoms with E-state index in [1.165, 1.54) is 0 Å². The fourth-order valence-electron chi connectivity index (χ4n) is 5.61. The van der Waals surface area contributed by atoms with E-state index in [2.05, 4.69) is 39.3 Å². The summed E-state index contributed by atoms with van der Waals surface area (Å²) in [5.74, 6) is 2.20. The van der Waals surface area contributed by atoms with Gasteiger partial charge in [-0.3, -0.25) is 4.98 Å². The third-order valence-electron chi connectivity index (χ3n) is 7.52. The van der Waals surface area contributed by atoms with E-state index >= 15 is 0 Å². The van der Waals surface area contributed by atoms with Gasteiger partial charge in [-0.15, -0.1) is 0 Å². The highest BCUT2D eigenvalue weighted by Crippen LogP contribution is 2.36. The number of hydrogen-bond acceptors (Lipinski definition) is 7. The number of allylic oxidation sites excluding steroid dienone is 2. The number of aromatic amines is 2. The summed E-state index contributed by atoms with van der Waals surface area (Å²) >= 11 is 0. The Morgan fingerprint density at radius 2 is 1.00 bits per heavy atom. The van der Waals surface area contributed by atoms with E-state index in [0.717, 1.165) is 45.0 Å². The second kappa shape index (κ2) is 8.33. The maximum atomic E-state index is 5.04. The molecule has 0 amide bonds. The van der Waals surface area contributed by atoms with E-state index in [9.17, 15) is 0 Å². The lowest BCUT2D eigenvalue weighted by Crippen LogP contribution is -1.85. The normalized spacial score (nSPS) is 13.1. The van der Waals surface area contributed by atoms with Crippen LogP contribution in [0.3, 0.4) is 0 Å². The van der Waals surface area contributed by atoms with Crippen molar-refractivity contribution in [2.75, 3.05) is 0 Å². The van der Waals surface area contributed by atoms with Crippen LogP contribution >= 0.6 is 0 Å². The van der Waals surface area contributed by atoms with Crippen LogP contribution in [0.2, 0.25) is 0 Å². The smallest absolute Gasteiger partial charge is 0.183 e. The van der Waals surface area contributed by atoms with Crippen molar-refractivity contribution in [3.8, 4) is 45.7 Å². The SMILES string of the molecule is C1=Cc2c(c3nc4nc(nc5[nH]c(nc6nc(nc2[nH]3)-c2ccccc2-6)c2ccccc52)-c2cccnc2-4)C=CC1. The van der Waals surface area contributed by atoms with Crippen LogP contribution in [0.5, 0.6) is 0 Å². The molecule has 9 heteroatoms. The molecule has 6 aromatic rings. The molecule has 9 rings (SSSR count). The molecule has 8 bridgehead atoms. The quantitative estimate of drug-likeness (QED) is 0.229. The maximum absolute atomic E-state index is 5.04. The Hall–Kier alpha value is -5.83. The lowest BCUT2D eigenvalue weighted by molar-refractivity contribution is 1.18. The van der Waals surface area contributed by atoms with Gasteiger partial charge in [0.2, 0.25) is 0 Å². The zero-order valence-corrected chi connectivity index (χ0v) is 21.5. The van der Waals surface area contributed by atoms with Crippen molar-refractivity contribution in [1.29, 1.82) is 0 Å². The van der Waals surface area contributed by atoms with Crippen LogP contribution in [0, 0.1) is 0 Å². The average Bonchev–Trinajstić information content (AvgIpc) is 3.67. The van der Waals surface area contributed by atoms with Gasteiger partial charge >= 0.3 is 0 Å². The molecule has 0 fully saturated rings. The van der Waals surface area contributed by atoms with Crippen molar-refractivity contribution in [1.82, 2.24) is 44.9 Å². The minimum Gasteiger partial charge on any atom is -0.324 e. The highest BCUT2D eigenvalue weighted by atomic mass is 15.1. The first-order valence-corrected chi connectivity index (χ1v) is 13.3. The summed E-state index contributed by atoms with van der Waals surface area (Å²) in [6.07, 6.45) is 10.9. The summed E-state index contributed by atoms with van der Waals surface area (Å²) in [5, 5.41) is 1.88. The molecule has 0 atom stereocenters. The van der Waals surface area contributed by atoms with Crippen LogP contribution in [0.15, 0.2) is 79.0 Å². The van der Waals surface area contributed by atoms with Gasteiger partial charge in [0.05, 0.1) is 0 Å². The average molecular weight is 530 g/mol. The Balaban J connectivity index is 1.50. The minimum atomic E-state index is 0.489. The molecule has 0 saturated carbocycles. The van der Waals surface area contributed by atoms with Gasteiger partial charge in [0, 0.05) is 44.8 Å². The third-order valence-corrected chi connectivity index (χ3v) is 7.52. The second-order valence-corrected chi connectivity index (χ2v) is 9.97. The van der Waals surface area contributed by atoms with Gasteiger partial charge in [-0.1, -0.05) is 72.8 Å². The summed E-state index contributed by atoms with van der Waals surface area (Å²) in [6, 6.07) is 19.9. The standard InChI is InChI=1S/C32H19N9/c1-2-9-17-18(10-3-1)30-38-25(17)34-26-19-11-4-5-12-20(19)27(35-26)36-28-21-13-6-7-14-22(21)29(37-28)39-31-23-15-8-16-33-24(23)32(40-30)41-31/h2-16H,1H2,(H2,34,35,36,37,38,39,40,41). The van der Waals surface area contributed by atoms with Gasteiger partial charge < -0.3 is 9.97 Å². The molecule has 6 heterocycles. The van der Waals surface area contributed by atoms with E-state index in [0.29, 0.717) is 51.6 Å². The predicted octanol–water partition coefficient (Wildman–Crippen LogP) is 6.54. The summed E-state index contributed by atoms with van der Waals surface area (Å²) in [6.45, 7) is 0. The van der Waals surface area contributed by atoms with Crippen LogP contribution in [-0.2, 0) is 0 Å². The monoisotopic (exact) mass is 529 g/mol. The first-order chi connectivity index (χ1) is 20.3. The van der Waals surface area contributed by atoms with E-state index < -0.39 is 0 Å². The molecule has 0 unspecified atom stereocenters. The van der Waals surface area contributed by atoms with Gasteiger partial charge in [-0.05, 0) is 18.6 Å². The largest absolute Gasteiger partial charge is 0.324 e. The molecular formula is C32H19N9. The summed E-state index contributed by atoms with van der Waals surface area (Å²) in [4.78, 5) is 41.3. The number of nitrogens with zero attached hydrogens (tertiary/aromatic N) is 7. The summed E-state index contributed by atoms with van der Waals surface area (Å²) < 4.78 is 0. The topological polar surface area (TPSA) is 122 Å². The van der Waals surface area contributed by atoms with Crippen molar-refractivity contribution >= 4 is 45.5 Å². The number of hydrogen-bond donors (Lipinski definition) is 2. The summed E-state index contributed by atoms with van der Waals surface area (Å²) in [7, 11) is 0. The van der Waals surface area contributed by atoms with Gasteiger partial charge in [0.1, 0.15) is 28.3 Å². The van der Waals surface area contributed by atoms with Crippen molar-refractivity contribution < 1.29 is 0 Å². The molecule has 0 radical (unpaired) electrons. The molecular weight excluding hydrogens is 510 g/mol. The maximum Gasteiger partial charge on any atom is 0.183 e. The first kappa shape index (κ1) is 22.0. The van der Waals surface area contributed by atoms with Crippen molar-refractivity contribution in [3.63, 3.8) is 0 Å². The van der Waals surface area contributed by atoms with Crippen LogP contribution in [0.1, 0.15) is 17.5 Å². The van der Waals surface area contributed by atoms with Crippen LogP contribution in [0.25, 0.3) is 91.2 Å². The van der Waals surface area contributed by atoms with E-state index in [1.807, 2.05) is 60.7 Å². The number of fused-ring (bicyclic) bond motifs is 20. The molecule has 9 nitrogen and oxygen atoms in total. The van der Waals surface area contributed by atoms with Gasteiger partial charge in [0.15, 0.2) is 23.3 Å². The molecule has 41 heavy (non-hydrogen) atoms. The van der Waals surface area contributed by atoms with Crippen molar-refractivity contribution in [3.05, 3.63) is 90.1 Å². The third kappa shape index (κ3) is 3.32. The predicted molar refractivity (Wildman–Crippen MR) is 159 cm³/mol. The lowest BCUT2D eigenvalue weighted by atomic mass is 10.1. The Kier molecular flexibility index (Phi) is 4.48. The molecule has 2 N–H and O–H groups in total.